The zero-order valence-electron chi connectivity index (χ0n) is 9.86. The Bertz CT molecular complexity index is 231. The zero-order valence-corrected chi connectivity index (χ0v) is 10.7. The smallest absolute Gasteiger partial charge is 0.222 e. The molecule has 2 N–H and O–H groups in total. The summed E-state index contributed by atoms with van der Waals surface area (Å²) in [5, 5.41) is 0. The number of hydrogen-bond acceptors (Lipinski definition) is 2. The summed E-state index contributed by atoms with van der Waals surface area (Å²) in [4.78, 5) is 14.1. The quantitative estimate of drug-likeness (QED) is 0.824. The number of nitrogens with two attached hydrogens (primary N) is 1. The predicted octanol–water partition coefficient (Wildman–Crippen LogP) is 1.94. The lowest BCUT2D eigenvalue weighted by Gasteiger charge is -2.37. The van der Waals surface area contributed by atoms with Crippen LogP contribution in [0.2, 0.25) is 0 Å². The summed E-state index contributed by atoms with van der Waals surface area (Å²) in [5.41, 5.74) is 5.44. The van der Waals surface area contributed by atoms with Crippen molar-refractivity contribution in [3.63, 3.8) is 0 Å². The van der Waals surface area contributed by atoms with Gasteiger partial charge in [0.2, 0.25) is 5.91 Å². The van der Waals surface area contributed by atoms with Crippen LogP contribution in [-0.4, -0.2) is 29.9 Å². The minimum atomic E-state index is 0. The summed E-state index contributed by atoms with van der Waals surface area (Å²) in [7, 11) is 0. The van der Waals surface area contributed by atoms with Crippen molar-refractivity contribution in [1.82, 2.24) is 4.90 Å². The Labute approximate surface area is 104 Å². The molecule has 1 amide bonds. The summed E-state index contributed by atoms with van der Waals surface area (Å²) in [6.45, 7) is 1.62. The van der Waals surface area contributed by atoms with Gasteiger partial charge in [0.25, 0.3) is 0 Å². The van der Waals surface area contributed by atoms with Gasteiger partial charge in [0, 0.05) is 19.0 Å². The van der Waals surface area contributed by atoms with Crippen molar-refractivity contribution in [1.29, 1.82) is 0 Å². The lowest BCUT2D eigenvalue weighted by molar-refractivity contribution is -0.133. The van der Waals surface area contributed by atoms with Crippen LogP contribution in [0.5, 0.6) is 0 Å². The number of nitrogens with zero attached hydrogens (tertiary/aromatic N) is 1. The second kappa shape index (κ2) is 6.45. The highest BCUT2D eigenvalue weighted by molar-refractivity contribution is 5.85. The van der Waals surface area contributed by atoms with Crippen molar-refractivity contribution in [2.45, 2.75) is 51.0 Å². The second-order valence-corrected chi connectivity index (χ2v) is 4.88. The van der Waals surface area contributed by atoms with Gasteiger partial charge >= 0.3 is 0 Å². The average molecular weight is 247 g/mol. The standard InChI is InChI=1S/C12H22N2O.ClH/c13-8-2-7-12(15)14-9-3-6-11(14)10-4-1-5-10;/h10-11H,1-9,13H2;1H. The molecule has 1 saturated heterocycles. The molecule has 3 nitrogen and oxygen atoms in total. The Morgan fingerprint density at radius 1 is 1.25 bits per heavy atom. The summed E-state index contributed by atoms with van der Waals surface area (Å²) in [6.07, 6.45) is 7.98. The minimum absolute atomic E-state index is 0. The molecule has 0 spiro atoms. The lowest BCUT2D eigenvalue weighted by atomic mass is 9.79. The molecule has 1 atom stereocenters. The number of carbonyl (C=O) groups is 1. The molecule has 94 valence electrons. The van der Waals surface area contributed by atoms with Crippen LogP contribution in [0.15, 0.2) is 0 Å². The van der Waals surface area contributed by atoms with Gasteiger partial charge in [-0.2, -0.15) is 0 Å². The van der Waals surface area contributed by atoms with Crippen molar-refractivity contribution in [2.24, 2.45) is 11.7 Å². The molecule has 1 aliphatic heterocycles. The zero-order chi connectivity index (χ0) is 10.7. The molecule has 2 rings (SSSR count). The molecule has 4 heteroatoms. The van der Waals surface area contributed by atoms with E-state index in [4.69, 9.17) is 5.73 Å². The van der Waals surface area contributed by atoms with E-state index in [1.54, 1.807) is 0 Å². The third kappa shape index (κ3) is 2.89. The van der Waals surface area contributed by atoms with Crippen LogP contribution in [0.25, 0.3) is 0 Å². The van der Waals surface area contributed by atoms with E-state index in [-0.39, 0.29) is 12.4 Å². The third-order valence-corrected chi connectivity index (χ3v) is 3.91. The summed E-state index contributed by atoms with van der Waals surface area (Å²) in [6, 6.07) is 0.573. The normalized spacial score (nSPS) is 25.1. The number of carbonyl (C=O) groups excluding carboxylic acids is 1. The first kappa shape index (κ1) is 13.8. The molecular weight excluding hydrogens is 224 g/mol. The van der Waals surface area contributed by atoms with Crippen molar-refractivity contribution in [2.75, 3.05) is 13.1 Å². The van der Waals surface area contributed by atoms with Crippen molar-refractivity contribution < 1.29 is 4.79 Å². The summed E-state index contributed by atoms with van der Waals surface area (Å²) >= 11 is 0. The number of hydrogen-bond donors (Lipinski definition) is 1. The fourth-order valence-corrected chi connectivity index (χ4v) is 2.81. The van der Waals surface area contributed by atoms with Crippen LogP contribution >= 0.6 is 12.4 Å². The van der Waals surface area contributed by atoms with Gasteiger partial charge in [0.1, 0.15) is 0 Å². The molecule has 0 aromatic carbocycles. The predicted molar refractivity (Wildman–Crippen MR) is 67.6 cm³/mol. The lowest BCUT2D eigenvalue weighted by Crippen LogP contribution is -2.42. The Balaban J connectivity index is 0.00000128. The second-order valence-electron chi connectivity index (χ2n) is 4.88. The van der Waals surface area contributed by atoms with Gasteiger partial charge in [-0.1, -0.05) is 6.42 Å². The molecule has 1 saturated carbocycles. The first-order chi connectivity index (χ1) is 7.33. The minimum Gasteiger partial charge on any atom is -0.339 e. The van der Waals surface area contributed by atoms with E-state index >= 15 is 0 Å². The molecule has 0 radical (unpaired) electrons. The largest absolute Gasteiger partial charge is 0.339 e. The maximum atomic E-state index is 11.9. The highest BCUT2D eigenvalue weighted by Gasteiger charge is 2.36. The summed E-state index contributed by atoms with van der Waals surface area (Å²) < 4.78 is 0. The van der Waals surface area contributed by atoms with Crippen LogP contribution in [0.3, 0.4) is 0 Å². The SMILES string of the molecule is Cl.NCCCC(=O)N1CCCC1C1CCC1. The molecule has 0 aromatic heterocycles. The van der Waals surface area contributed by atoms with Gasteiger partial charge in [0.05, 0.1) is 0 Å². The number of rotatable bonds is 4. The Morgan fingerprint density at radius 2 is 2.00 bits per heavy atom. The van der Waals surface area contributed by atoms with Crippen LogP contribution in [0.1, 0.15) is 44.9 Å². The first-order valence-corrected chi connectivity index (χ1v) is 6.32. The summed E-state index contributed by atoms with van der Waals surface area (Å²) in [5.74, 6) is 1.16. The highest BCUT2D eigenvalue weighted by Crippen LogP contribution is 2.37. The topological polar surface area (TPSA) is 46.3 Å². The van der Waals surface area contributed by atoms with Gasteiger partial charge in [-0.25, -0.2) is 0 Å². The third-order valence-electron chi connectivity index (χ3n) is 3.91. The van der Waals surface area contributed by atoms with Gasteiger partial charge in [-0.3, -0.25) is 4.79 Å². The molecular formula is C12H23ClN2O. The van der Waals surface area contributed by atoms with Crippen LogP contribution in [0, 0.1) is 5.92 Å². The van der Waals surface area contributed by atoms with Gasteiger partial charge < -0.3 is 10.6 Å². The van der Waals surface area contributed by atoms with E-state index in [9.17, 15) is 4.79 Å². The maximum Gasteiger partial charge on any atom is 0.222 e. The molecule has 0 bridgehead atoms. The molecule has 1 heterocycles. The fraction of sp³-hybridized carbons (Fsp3) is 0.917. The van der Waals surface area contributed by atoms with E-state index in [0.717, 1.165) is 18.9 Å². The number of amides is 1. The molecule has 2 aliphatic rings. The fourth-order valence-electron chi connectivity index (χ4n) is 2.81. The maximum absolute atomic E-state index is 11.9. The molecule has 2 fully saturated rings. The first-order valence-electron chi connectivity index (χ1n) is 6.32. The van der Waals surface area contributed by atoms with Crippen molar-refractivity contribution in [3.05, 3.63) is 0 Å². The van der Waals surface area contributed by atoms with E-state index in [1.807, 2.05) is 0 Å². The van der Waals surface area contributed by atoms with Gasteiger partial charge in [-0.15, -0.1) is 12.4 Å². The highest BCUT2D eigenvalue weighted by atomic mass is 35.5. The monoisotopic (exact) mass is 246 g/mol. The van der Waals surface area contributed by atoms with Gasteiger partial charge in [0.15, 0.2) is 0 Å². The van der Waals surface area contributed by atoms with Crippen molar-refractivity contribution in [3.8, 4) is 0 Å². The van der Waals surface area contributed by atoms with E-state index < -0.39 is 0 Å². The molecule has 1 unspecified atom stereocenters. The van der Waals surface area contributed by atoms with E-state index in [2.05, 4.69) is 4.90 Å². The number of likely N-dealkylation sites (tertiary alicyclic amines) is 1. The van der Waals surface area contributed by atoms with Gasteiger partial charge in [-0.05, 0) is 44.6 Å². The molecule has 16 heavy (non-hydrogen) atoms. The van der Waals surface area contributed by atoms with E-state index in [1.165, 1.54) is 32.1 Å². The average Bonchev–Trinajstić information content (AvgIpc) is 2.60. The molecule has 1 aliphatic carbocycles. The molecule has 0 aromatic rings. The van der Waals surface area contributed by atoms with Crippen LogP contribution < -0.4 is 5.73 Å². The van der Waals surface area contributed by atoms with Crippen molar-refractivity contribution >= 4 is 18.3 Å². The Morgan fingerprint density at radius 3 is 2.56 bits per heavy atom. The van der Waals surface area contributed by atoms with E-state index in [0.29, 0.717) is 24.9 Å². The van der Waals surface area contributed by atoms with Crippen LogP contribution in [-0.2, 0) is 4.79 Å². The Hall–Kier alpha value is -0.280. The Kier molecular flexibility index (Phi) is 5.56. The van der Waals surface area contributed by atoms with Crippen LogP contribution in [0.4, 0.5) is 0 Å². The number of halogens is 1.